The molecule has 0 spiro atoms. The number of aromatic nitrogens is 1. The number of nitrogens with zero attached hydrogens (tertiary/aromatic N) is 2. The minimum absolute atomic E-state index is 0.687. The second-order valence-electron chi connectivity index (χ2n) is 3.80. The van der Waals surface area contributed by atoms with Gasteiger partial charge in [0.2, 0.25) is 5.69 Å². The van der Waals surface area contributed by atoms with Crippen molar-refractivity contribution in [1.82, 2.24) is 0 Å². The van der Waals surface area contributed by atoms with E-state index in [0.29, 0.717) is 5.56 Å². The van der Waals surface area contributed by atoms with E-state index in [0.717, 1.165) is 11.3 Å². The molecule has 0 bridgehead atoms. The zero-order valence-corrected chi connectivity index (χ0v) is 9.67. The lowest BCUT2D eigenvalue weighted by Crippen LogP contribution is -2.30. The van der Waals surface area contributed by atoms with Gasteiger partial charge in [0.15, 0.2) is 6.20 Å². The molecule has 0 aliphatic rings. The Hall–Kier alpha value is -2.40. The van der Waals surface area contributed by atoms with Crippen molar-refractivity contribution < 1.29 is 4.57 Å². The van der Waals surface area contributed by atoms with E-state index in [1.807, 2.05) is 55.7 Å². The molecule has 17 heavy (non-hydrogen) atoms. The summed E-state index contributed by atoms with van der Waals surface area (Å²) in [7, 11) is 2.01. The average molecular weight is 221 g/mol. The molecule has 0 radical (unpaired) electrons. The highest BCUT2D eigenvalue weighted by Gasteiger charge is 1.98. The molecule has 2 heteroatoms. The lowest BCUT2D eigenvalue weighted by molar-refractivity contribution is -0.673. The van der Waals surface area contributed by atoms with Crippen LogP contribution in [0, 0.1) is 11.3 Å². The van der Waals surface area contributed by atoms with E-state index in [9.17, 15) is 0 Å². The maximum Gasteiger partial charge on any atom is 0.204 e. The first-order valence-electron chi connectivity index (χ1n) is 5.42. The van der Waals surface area contributed by atoms with Gasteiger partial charge in [0.25, 0.3) is 0 Å². The van der Waals surface area contributed by atoms with Crippen molar-refractivity contribution in [3.63, 3.8) is 0 Å². The molecule has 0 unspecified atom stereocenters. The quantitative estimate of drug-likeness (QED) is 0.716. The van der Waals surface area contributed by atoms with Gasteiger partial charge in [-0.25, -0.2) is 4.57 Å². The van der Waals surface area contributed by atoms with E-state index in [4.69, 9.17) is 5.26 Å². The van der Waals surface area contributed by atoms with E-state index in [2.05, 4.69) is 22.8 Å². The van der Waals surface area contributed by atoms with Gasteiger partial charge in [0.05, 0.1) is 11.6 Å². The summed E-state index contributed by atoms with van der Waals surface area (Å²) in [5, 5.41) is 8.70. The minimum atomic E-state index is 0.687. The Morgan fingerprint density at radius 3 is 2.47 bits per heavy atom. The van der Waals surface area contributed by atoms with Crippen LogP contribution in [0.2, 0.25) is 0 Å². The monoisotopic (exact) mass is 221 g/mol. The second kappa shape index (κ2) is 5.09. The third kappa shape index (κ3) is 2.79. The van der Waals surface area contributed by atoms with Crippen LogP contribution in [0.25, 0.3) is 12.2 Å². The van der Waals surface area contributed by atoms with E-state index in [-0.39, 0.29) is 0 Å². The number of benzene rings is 1. The van der Waals surface area contributed by atoms with Crippen LogP contribution in [0.15, 0.2) is 48.7 Å². The summed E-state index contributed by atoms with van der Waals surface area (Å²) in [4.78, 5) is 0. The molecule has 2 rings (SSSR count). The topological polar surface area (TPSA) is 27.7 Å². The summed E-state index contributed by atoms with van der Waals surface area (Å²) in [6.07, 6.45) is 6.11. The van der Waals surface area contributed by atoms with Crippen molar-refractivity contribution in [2.75, 3.05) is 0 Å². The zero-order chi connectivity index (χ0) is 12.1. The Morgan fingerprint density at radius 2 is 1.82 bits per heavy atom. The van der Waals surface area contributed by atoms with Crippen LogP contribution < -0.4 is 4.57 Å². The maximum atomic E-state index is 8.70. The first-order valence-corrected chi connectivity index (χ1v) is 5.42. The number of pyridine rings is 1. The maximum absolute atomic E-state index is 8.70. The Kier molecular flexibility index (Phi) is 3.32. The van der Waals surface area contributed by atoms with Crippen LogP contribution in [-0.4, -0.2) is 0 Å². The van der Waals surface area contributed by atoms with Crippen LogP contribution in [0.4, 0.5) is 0 Å². The Labute approximate surface area is 101 Å². The molecule has 0 aliphatic carbocycles. The fourth-order valence-corrected chi connectivity index (χ4v) is 1.56. The van der Waals surface area contributed by atoms with Gasteiger partial charge in [0, 0.05) is 18.2 Å². The van der Waals surface area contributed by atoms with Gasteiger partial charge >= 0.3 is 0 Å². The highest BCUT2D eigenvalue weighted by molar-refractivity contribution is 5.67. The molecule has 0 saturated heterocycles. The highest BCUT2D eigenvalue weighted by Crippen LogP contribution is 2.07. The van der Waals surface area contributed by atoms with Crippen molar-refractivity contribution >= 4 is 12.2 Å². The van der Waals surface area contributed by atoms with Crippen LogP contribution in [0.1, 0.15) is 16.8 Å². The van der Waals surface area contributed by atoms with Crippen molar-refractivity contribution in [3.8, 4) is 6.07 Å². The molecular weight excluding hydrogens is 208 g/mol. The molecule has 1 heterocycles. The Morgan fingerprint density at radius 1 is 1.06 bits per heavy atom. The highest BCUT2D eigenvalue weighted by atomic mass is 14.9. The molecular formula is C15H13N2+. The average Bonchev–Trinajstić information content (AvgIpc) is 2.38. The van der Waals surface area contributed by atoms with Crippen LogP contribution in [0.3, 0.4) is 0 Å². The van der Waals surface area contributed by atoms with Gasteiger partial charge in [0.1, 0.15) is 7.05 Å². The van der Waals surface area contributed by atoms with E-state index >= 15 is 0 Å². The largest absolute Gasteiger partial charge is 0.204 e. The minimum Gasteiger partial charge on any atom is -0.202 e. The summed E-state index contributed by atoms with van der Waals surface area (Å²) < 4.78 is 2.06. The van der Waals surface area contributed by atoms with Gasteiger partial charge in [-0.1, -0.05) is 12.1 Å². The lowest BCUT2D eigenvalue weighted by Gasteiger charge is -1.94. The summed E-state index contributed by atoms with van der Waals surface area (Å²) in [5.41, 5.74) is 2.91. The molecule has 0 N–H and O–H groups in total. The molecule has 2 aromatic rings. The van der Waals surface area contributed by atoms with Crippen molar-refractivity contribution in [3.05, 3.63) is 65.5 Å². The molecule has 0 atom stereocenters. The predicted octanol–water partition coefficient (Wildman–Crippen LogP) is 2.55. The number of aryl methyl sites for hydroxylation is 1. The van der Waals surface area contributed by atoms with Crippen molar-refractivity contribution in [1.29, 1.82) is 5.26 Å². The predicted molar refractivity (Wildman–Crippen MR) is 67.7 cm³/mol. The standard InChI is InChI=1S/C15H13N2/c1-17-11-3-2-4-15(17)10-9-13-5-7-14(12-16)8-6-13/h2-11H,1H3/q+1/b10-9+. The first kappa shape index (κ1) is 11.1. The molecule has 1 aromatic carbocycles. The van der Waals surface area contributed by atoms with Gasteiger partial charge < -0.3 is 0 Å². The first-order chi connectivity index (χ1) is 8.29. The number of hydrogen-bond acceptors (Lipinski definition) is 1. The molecule has 82 valence electrons. The number of nitriles is 1. The molecule has 0 saturated carbocycles. The fraction of sp³-hybridized carbons (Fsp3) is 0.0667. The lowest BCUT2D eigenvalue weighted by atomic mass is 10.1. The van der Waals surface area contributed by atoms with E-state index in [1.54, 1.807) is 0 Å². The zero-order valence-electron chi connectivity index (χ0n) is 9.67. The van der Waals surface area contributed by atoms with Crippen LogP contribution in [-0.2, 0) is 7.05 Å². The van der Waals surface area contributed by atoms with Gasteiger partial charge in [-0.05, 0) is 29.8 Å². The third-order valence-electron chi connectivity index (χ3n) is 2.58. The van der Waals surface area contributed by atoms with Crippen LogP contribution in [0.5, 0.6) is 0 Å². The molecule has 2 nitrogen and oxygen atoms in total. The normalized spacial score (nSPS) is 10.4. The smallest absolute Gasteiger partial charge is 0.202 e. The molecule has 0 aliphatic heterocycles. The molecule has 1 aromatic heterocycles. The number of rotatable bonds is 2. The summed E-state index contributed by atoms with van der Waals surface area (Å²) in [5.74, 6) is 0. The van der Waals surface area contributed by atoms with Crippen molar-refractivity contribution in [2.45, 2.75) is 0 Å². The molecule has 0 fully saturated rings. The van der Waals surface area contributed by atoms with E-state index in [1.165, 1.54) is 0 Å². The molecule has 0 amide bonds. The van der Waals surface area contributed by atoms with Gasteiger partial charge in [-0.15, -0.1) is 0 Å². The Balaban J connectivity index is 2.21. The van der Waals surface area contributed by atoms with E-state index < -0.39 is 0 Å². The SMILES string of the molecule is C[n+]1ccccc1/C=C/c1ccc(C#N)cc1. The van der Waals surface area contributed by atoms with Crippen LogP contribution >= 0.6 is 0 Å². The van der Waals surface area contributed by atoms with Gasteiger partial charge in [-0.3, -0.25) is 0 Å². The second-order valence-corrected chi connectivity index (χ2v) is 3.80. The number of hydrogen-bond donors (Lipinski definition) is 0. The fourth-order valence-electron chi connectivity index (χ4n) is 1.56. The van der Waals surface area contributed by atoms with Crippen molar-refractivity contribution in [2.24, 2.45) is 7.05 Å². The summed E-state index contributed by atoms with van der Waals surface area (Å²) in [6, 6.07) is 15.7. The summed E-state index contributed by atoms with van der Waals surface area (Å²) >= 11 is 0. The van der Waals surface area contributed by atoms with Gasteiger partial charge in [-0.2, -0.15) is 5.26 Å². The third-order valence-corrected chi connectivity index (χ3v) is 2.58. The summed E-state index contributed by atoms with van der Waals surface area (Å²) in [6.45, 7) is 0. The Bertz CT molecular complexity index is 575.